The SMILES string of the molecule is CN1CC(N2C[C@H]3CNC[C@H]3C2)C1. The Bertz CT molecular complexity index is 188. The summed E-state index contributed by atoms with van der Waals surface area (Å²) in [5.74, 6) is 1.93. The van der Waals surface area contributed by atoms with Crippen LogP contribution >= 0.6 is 0 Å². The molecule has 3 nitrogen and oxygen atoms in total. The van der Waals surface area contributed by atoms with Gasteiger partial charge in [0.15, 0.2) is 0 Å². The monoisotopic (exact) mass is 181 g/mol. The molecule has 0 aromatic heterocycles. The molecule has 0 aromatic rings. The Morgan fingerprint density at radius 3 is 2.15 bits per heavy atom. The molecule has 3 heterocycles. The summed E-state index contributed by atoms with van der Waals surface area (Å²) in [5, 5.41) is 3.49. The van der Waals surface area contributed by atoms with E-state index in [0.717, 1.165) is 17.9 Å². The smallest absolute Gasteiger partial charge is 0.0350 e. The van der Waals surface area contributed by atoms with Crippen LogP contribution in [0.1, 0.15) is 0 Å². The Morgan fingerprint density at radius 1 is 1.00 bits per heavy atom. The van der Waals surface area contributed by atoms with Gasteiger partial charge in [0, 0.05) is 32.2 Å². The summed E-state index contributed by atoms with van der Waals surface area (Å²) in [6.07, 6.45) is 0. The molecule has 3 heteroatoms. The average molecular weight is 181 g/mol. The van der Waals surface area contributed by atoms with Crippen molar-refractivity contribution >= 4 is 0 Å². The first-order chi connectivity index (χ1) is 6.33. The van der Waals surface area contributed by atoms with E-state index in [0.29, 0.717) is 0 Å². The fraction of sp³-hybridized carbons (Fsp3) is 1.00. The van der Waals surface area contributed by atoms with E-state index in [1.165, 1.54) is 39.3 Å². The van der Waals surface area contributed by atoms with E-state index in [4.69, 9.17) is 0 Å². The topological polar surface area (TPSA) is 18.5 Å². The van der Waals surface area contributed by atoms with Gasteiger partial charge in [0.25, 0.3) is 0 Å². The van der Waals surface area contributed by atoms with Crippen molar-refractivity contribution in [2.75, 3.05) is 46.3 Å². The summed E-state index contributed by atoms with van der Waals surface area (Å²) in [6, 6.07) is 0.885. The van der Waals surface area contributed by atoms with Gasteiger partial charge in [-0.25, -0.2) is 0 Å². The number of rotatable bonds is 1. The minimum atomic E-state index is 0.885. The minimum absolute atomic E-state index is 0.885. The summed E-state index contributed by atoms with van der Waals surface area (Å²) < 4.78 is 0. The van der Waals surface area contributed by atoms with E-state index in [9.17, 15) is 0 Å². The largest absolute Gasteiger partial charge is 0.316 e. The highest BCUT2D eigenvalue weighted by atomic mass is 15.3. The number of hydrogen-bond donors (Lipinski definition) is 1. The van der Waals surface area contributed by atoms with Crippen LogP contribution in [0, 0.1) is 11.8 Å². The van der Waals surface area contributed by atoms with Crippen molar-refractivity contribution in [1.29, 1.82) is 0 Å². The summed E-state index contributed by atoms with van der Waals surface area (Å²) >= 11 is 0. The molecular weight excluding hydrogens is 162 g/mol. The quantitative estimate of drug-likeness (QED) is 0.586. The summed E-state index contributed by atoms with van der Waals surface area (Å²) in [5.41, 5.74) is 0. The van der Waals surface area contributed by atoms with E-state index in [1.54, 1.807) is 0 Å². The van der Waals surface area contributed by atoms with E-state index in [2.05, 4.69) is 22.2 Å². The zero-order valence-corrected chi connectivity index (χ0v) is 8.37. The van der Waals surface area contributed by atoms with Crippen LogP contribution in [0.2, 0.25) is 0 Å². The number of nitrogens with zero attached hydrogens (tertiary/aromatic N) is 2. The predicted octanol–water partition coefficient (Wildman–Crippen LogP) is -0.548. The number of fused-ring (bicyclic) bond motifs is 1. The summed E-state index contributed by atoms with van der Waals surface area (Å²) in [7, 11) is 2.22. The van der Waals surface area contributed by atoms with Crippen molar-refractivity contribution in [3.63, 3.8) is 0 Å². The van der Waals surface area contributed by atoms with Gasteiger partial charge in [-0.05, 0) is 32.0 Å². The maximum atomic E-state index is 3.49. The van der Waals surface area contributed by atoms with Crippen LogP contribution in [0.4, 0.5) is 0 Å². The zero-order chi connectivity index (χ0) is 8.84. The molecule has 3 rings (SSSR count). The van der Waals surface area contributed by atoms with Crippen LogP contribution in [-0.4, -0.2) is 62.2 Å². The van der Waals surface area contributed by atoms with Crippen molar-refractivity contribution in [2.45, 2.75) is 6.04 Å². The second-order valence-electron chi connectivity index (χ2n) is 5.01. The van der Waals surface area contributed by atoms with Crippen LogP contribution in [0.25, 0.3) is 0 Å². The Labute approximate surface area is 80.1 Å². The number of nitrogens with one attached hydrogen (secondary N) is 1. The van der Waals surface area contributed by atoms with Crippen molar-refractivity contribution in [1.82, 2.24) is 15.1 Å². The molecule has 3 fully saturated rings. The Morgan fingerprint density at radius 2 is 1.62 bits per heavy atom. The standard InChI is InChI=1S/C10H19N3/c1-12-6-10(7-12)13-4-8-2-11-3-9(8)5-13/h8-11H,2-7H2,1H3/t8-,9+. The van der Waals surface area contributed by atoms with Crippen LogP contribution in [0.3, 0.4) is 0 Å². The second-order valence-corrected chi connectivity index (χ2v) is 5.01. The average Bonchev–Trinajstić information content (AvgIpc) is 2.55. The molecule has 0 amide bonds. The first-order valence-electron chi connectivity index (χ1n) is 5.46. The van der Waals surface area contributed by atoms with Crippen molar-refractivity contribution in [3.8, 4) is 0 Å². The summed E-state index contributed by atoms with van der Waals surface area (Å²) in [4.78, 5) is 5.13. The highest BCUT2D eigenvalue weighted by molar-refractivity contribution is 4.97. The molecule has 2 atom stereocenters. The van der Waals surface area contributed by atoms with Crippen LogP contribution < -0.4 is 5.32 Å². The molecule has 3 saturated heterocycles. The molecule has 0 bridgehead atoms. The predicted molar refractivity (Wildman–Crippen MR) is 52.7 cm³/mol. The molecular formula is C10H19N3. The Hall–Kier alpha value is -0.120. The molecule has 3 aliphatic rings. The molecule has 0 aromatic carbocycles. The molecule has 0 radical (unpaired) electrons. The lowest BCUT2D eigenvalue weighted by atomic mass is 10.0. The third-order valence-electron chi connectivity index (χ3n) is 3.98. The van der Waals surface area contributed by atoms with Gasteiger partial charge in [0.05, 0.1) is 0 Å². The van der Waals surface area contributed by atoms with Gasteiger partial charge in [-0.1, -0.05) is 0 Å². The highest BCUT2D eigenvalue weighted by Crippen LogP contribution is 2.29. The lowest BCUT2D eigenvalue weighted by molar-refractivity contribution is 0.0641. The van der Waals surface area contributed by atoms with Gasteiger partial charge in [-0.15, -0.1) is 0 Å². The maximum absolute atomic E-state index is 3.49. The number of likely N-dealkylation sites (N-methyl/N-ethyl adjacent to an activating group) is 1. The molecule has 74 valence electrons. The molecule has 3 aliphatic heterocycles. The molecule has 0 saturated carbocycles. The Balaban J connectivity index is 1.58. The van der Waals surface area contributed by atoms with Gasteiger partial charge in [-0.3, -0.25) is 4.90 Å². The van der Waals surface area contributed by atoms with E-state index in [-0.39, 0.29) is 0 Å². The normalized spacial score (nSPS) is 42.2. The Kier molecular flexibility index (Phi) is 1.86. The molecule has 13 heavy (non-hydrogen) atoms. The molecule has 0 unspecified atom stereocenters. The fourth-order valence-corrected chi connectivity index (χ4v) is 3.09. The molecule has 0 spiro atoms. The van der Waals surface area contributed by atoms with E-state index < -0.39 is 0 Å². The van der Waals surface area contributed by atoms with Gasteiger partial charge >= 0.3 is 0 Å². The zero-order valence-electron chi connectivity index (χ0n) is 8.37. The first kappa shape index (κ1) is 8.21. The molecule has 1 N–H and O–H groups in total. The fourth-order valence-electron chi connectivity index (χ4n) is 3.09. The maximum Gasteiger partial charge on any atom is 0.0350 e. The second kappa shape index (κ2) is 2.94. The summed E-state index contributed by atoms with van der Waals surface area (Å²) in [6.45, 7) is 7.85. The van der Waals surface area contributed by atoms with Gasteiger partial charge in [0.1, 0.15) is 0 Å². The lowest BCUT2D eigenvalue weighted by Gasteiger charge is -2.42. The third kappa shape index (κ3) is 1.30. The lowest BCUT2D eigenvalue weighted by Crippen LogP contribution is -2.57. The van der Waals surface area contributed by atoms with Crippen LogP contribution in [0.15, 0.2) is 0 Å². The van der Waals surface area contributed by atoms with Crippen LogP contribution in [-0.2, 0) is 0 Å². The first-order valence-corrected chi connectivity index (χ1v) is 5.46. The van der Waals surface area contributed by atoms with Gasteiger partial charge in [0.2, 0.25) is 0 Å². The van der Waals surface area contributed by atoms with Crippen molar-refractivity contribution < 1.29 is 0 Å². The number of likely N-dealkylation sites (tertiary alicyclic amines) is 2. The van der Waals surface area contributed by atoms with E-state index >= 15 is 0 Å². The highest BCUT2D eigenvalue weighted by Gasteiger charge is 2.41. The third-order valence-corrected chi connectivity index (χ3v) is 3.98. The molecule has 0 aliphatic carbocycles. The van der Waals surface area contributed by atoms with Crippen molar-refractivity contribution in [3.05, 3.63) is 0 Å². The van der Waals surface area contributed by atoms with E-state index in [1.807, 2.05) is 0 Å². The van der Waals surface area contributed by atoms with Gasteiger partial charge < -0.3 is 10.2 Å². The van der Waals surface area contributed by atoms with Gasteiger partial charge in [-0.2, -0.15) is 0 Å². The number of hydrogen-bond acceptors (Lipinski definition) is 3. The van der Waals surface area contributed by atoms with Crippen LogP contribution in [0.5, 0.6) is 0 Å². The minimum Gasteiger partial charge on any atom is -0.316 e. The van der Waals surface area contributed by atoms with Crippen molar-refractivity contribution in [2.24, 2.45) is 11.8 Å².